The molecule has 0 saturated carbocycles. The van der Waals surface area contributed by atoms with Crippen molar-refractivity contribution < 1.29 is 4.74 Å². The number of ether oxygens (including phenoxy) is 1. The molecular formula is C15H13ClN2O. The van der Waals surface area contributed by atoms with Gasteiger partial charge in [0, 0.05) is 17.1 Å². The molecule has 3 nitrogen and oxygen atoms in total. The zero-order valence-corrected chi connectivity index (χ0v) is 11.0. The average molecular weight is 273 g/mol. The summed E-state index contributed by atoms with van der Waals surface area (Å²) >= 11 is 6.13. The average Bonchev–Trinajstić information content (AvgIpc) is 2.46. The minimum absolute atomic E-state index is 0.306. The second kappa shape index (κ2) is 6.24. The Hall–Kier alpha value is -2.02. The van der Waals surface area contributed by atoms with Crippen LogP contribution in [-0.4, -0.2) is 6.54 Å². The highest BCUT2D eigenvalue weighted by atomic mass is 35.5. The summed E-state index contributed by atoms with van der Waals surface area (Å²) in [5.41, 5.74) is 7.13. The van der Waals surface area contributed by atoms with Gasteiger partial charge in [0.15, 0.2) is 0 Å². The van der Waals surface area contributed by atoms with E-state index in [1.54, 1.807) is 30.3 Å². The van der Waals surface area contributed by atoms with Gasteiger partial charge in [0.1, 0.15) is 11.9 Å². The lowest BCUT2D eigenvalue weighted by Crippen LogP contribution is -2.18. The first-order valence-electron chi connectivity index (χ1n) is 5.86. The molecule has 0 saturated heterocycles. The summed E-state index contributed by atoms with van der Waals surface area (Å²) < 4.78 is 5.81. The zero-order valence-electron chi connectivity index (χ0n) is 10.2. The van der Waals surface area contributed by atoms with Crippen molar-refractivity contribution in [3.63, 3.8) is 0 Å². The standard InChI is InChI=1S/C15H13ClN2O/c16-14-7-2-1-6-13(14)15(10-18)19-12-5-3-4-11(8-12)9-17/h1-8,15H,10,18H2. The summed E-state index contributed by atoms with van der Waals surface area (Å²) in [6, 6.07) is 16.5. The number of rotatable bonds is 4. The Labute approximate surface area is 117 Å². The van der Waals surface area contributed by atoms with Gasteiger partial charge in [0.2, 0.25) is 0 Å². The highest BCUT2D eigenvalue weighted by Crippen LogP contribution is 2.27. The summed E-state index contributed by atoms with van der Waals surface area (Å²) in [5, 5.41) is 9.48. The first-order valence-corrected chi connectivity index (χ1v) is 6.23. The first kappa shape index (κ1) is 13.4. The Bertz CT molecular complexity index is 607. The topological polar surface area (TPSA) is 59.0 Å². The van der Waals surface area contributed by atoms with Crippen LogP contribution in [0.5, 0.6) is 5.75 Å². The lowest BCUT2D eigenvalue weighted by molar-refractivity contribution is 0.214. The summed E-state index contributed by atoms with van der Waals surface area (Å²) in [6.07, 6.45) is -0.331. The highest BCUT2D eigenvalue weighted by molar-refractivity contribution is 6.31. The summed E-state index contributed by atoms with van der Waals surface area (Å²) in [6.45, 7) is 0.306. The molecule has 96 valence electrons. The summed E-state index contributed by atoms with van der Waals surface area (Å²) in [7, 11) is 0. The summed E-state index contributed by atoms with van der Waals surface area (Å²) in [4.78, 5) is 0. The molecule has 0 bridgehead atoms. The minimum Gasteiger partial charge on any atom is -0.484 e. The zero-order chi connectivity index (χ0) is 13.7. The van der Waals surface area contributed by atoms with Gasteiger partial charge < -0.3 is 10.5 Å². The molecule has 2 aromatic carbocycles. The van der Waals surface area contributed by atoms with Crippen LogP contribution in [0.4, 0.5) is 0 Å². The van der Waals surface area contributed by atoms with E-state index in [-0.39, 0.29) is 6.10 Å². The number of nitrogens with zero attached hydrogens (tertiary/aromatic N) is 1. The van der Waals surface area contributed by atoms with Crippen molar-refractivity contribution in [2.45, 2.75) is 6.10 Å². The van der Waals surface area contributed by atoms with Crippen LogP contribution in [0.1, 0.15) is 17.2 Å². The van der Waals surface area contributed by atoms with Crippen LogP contribution < -0.4 is 10.5 Å². The third kappa shape index (κ3) is 3.25. The molecule has 0 radical (unpaired) electrons. The lowest BCUT2D eigenvalue weighted by Gasteiger charge is -2.19. The minimum atomic E-state index is -0.331. The van der Waals surface area contributed by atoms with Crippen LogP contribution >= 0.6 is 11.6 Å². The largest absolute Gasteiger partial charge is 0.484 e. The third-order valence-corrected chi connectivity index (χ3v) is 3.05. The van der Waals surface area contributed by atoms with Gasteiger partial charge in [0.25, 0.3) is 0 Å². The van der Waals surface area contributed by atoms with E-state index in [9.17, 15) is 0 Å². The van der Waals surface area contributed by atoms with Crippen molar-refractivity contribution in [2.75, 3.05) is 6.54 Å². The molecular weight excluding hydrogens is 260 g/mol. The lowest BCUT2D eigenvalue weighted by atomic mass is 10.1. The highest BCUT2D eigenvalue weighted by Gasteiger charge is 2.14. The molecule has 0 spiro atoms. The van der Waals surface area contributed by atoms with Gasteiger partial charge in [-0.25, -0.2) is 0 Å². The van der Waals surface area contributed by atoms with Crippen molar-refractivity contribution in [3.8, 4) is 11.8 Å². The van der Waals surface area contributed by atoms with Crippen LogP contribution in [0.25, 0.3) is 0 Å². The van der Waals surface area contributed by atoms with Crippen molar-refractivity contribution in [1.82, 2.24) is 0 Å². The molecule has 0 amide bonds. The van der Waals surface area contributed by atoms with Crippen molar-refractivity contribution >= 4 is 11.6 Å². The van der Waals surface area contributed by atoms with Crippen LogP contribution in [0.3, 0.4) is 0 Å². The number of hydrogen-bond acceptors (Lipinski definition) is 3. The molecule has 19 heavy (non-hydrogen) atoms. The second-order valence-corrected chi connectivity index (χ2v) is 4.41. The SMILES string of the molecule is N#Cc1cccc(OC(CN)c2ccccc2Cl)c1. The molecule has 2 rings (SSSR count). The first-order chi connectivity index (χ1) is 9.24. The monoisotopic (exact) mass is 272 g/mol. The van der Waals surface area contributed by atoms with E-state index < -0.39 is 0 Å². The Kier molecular flexibility index (Phi) is 4.40. The van der Waals surface area contributed by atoms with Crippen molar-refractivity contribution in [2.24, 2.45) is 5.73 Å². The fourth-order valence-electron chi connectivity index (χ4n) is 1.78. The molecule has 0 aromatic heterocycles. The maximum Gasteiger partial charge on any atom is 0.137 e. The van der Waals surface area contributed by atoms with Crippen LogP contribution in [-0.2, 0) is 0 Å². The Balaban J connectivity index is 2.24. The number of nitriles is 1. The second-order valence-electron chi connectivity index (χ2n) is 4.00. The van der Waals surface area contributed by atoms with E-state index in [2.05, 4.69) is 6.07 Å². The number of benzene rings is 2. The molecule has 2 aromatic rings. The Morgan fingerprint density at radius 2 is 2.00 bits per heavy atom. The van der Waals surface area contributed by atoms with E-state index >= 15 is 0 Å². The van der Waals surface area contributed by atoms with Crippen LogP contribution in [0, 0.1) is 11.3 Å². The fraction of sp³-hybridized carbons (Fsp3) is 0.133. The molecule has 0 aliphatic carbocycles. The molecule has 4 heteroatoms. The molecule has 0 aliphatic rings. The van der Waals surface area contributed by atoms with Gasteiger partial charge in [0.05, 0.1) is 11.6 Å². The maximum atomic E-state index is 8.86. The van der Waals surface area contributed by atoms with E-state index in [1.165, 1.54) is 0 Å². The van der Waals surface area contributed by atoms with Gasteiger partial charge in [-0.1, -0.05) is 35.9 Å². The smallest absolute Gasteiger partial charge is 0.137 e. The van der Waals surface area contributed by atoms with Gasteiger partial charge in [-0.05, 0) is 24.3 Å². The van der Waals surface area contributed by atoms with Gasteiger partial charge in [-0.3, -0.25) is 0 Å². The van der Waals surface area contributed by atoms with Gasteiger partial charge in [-0.2, -0.15) is 5.26 Å². The molecule has 2 N–H and O–H groups in total. The Morgan fingerprint density at radius 3 is 2.68 bits per heavy atom. The van der Waals surface area contributed by atoms with Crippen LogP contribution in [0.2, 0.25) is 5.02 Å². The van der Waals surface area contributed by atoms with Gasteiger partial charge >= 0.3 is 0 Å². The van der Waals surface area contributed by atoms with E-state index in [0.29, 0.717) is 22.9 Å². The molecule has 0 aliphatic heterocycles. The predicted molar refractivity (Wildman–Crippen MR) is 75.0 cm³/mol. The van der Waals surface area contributed by atoms with Crippen molar-refractivity contribution in [1.29, 1.82) is 5.26 Å². The molecule has 0 heterocycles. The number of halogens is 1. The van der Waals surface area contributed by atoms with E-state index in [1.807, 2.05) is 18.2 Å². The predicted octanol–water partition coefficient (Wildman–Crippen LogP) is 3.29. The number of hydrogen-bond donors (Lipinski definition) is 1. The van der Waals surface area contributed by atoms with E-state index in [4.69, 9.17) is 27.3 Å². The maximum absolute atomic E-state index is 8.86. The summed E-state index contributed by atoms with van der Waals surface area (Å²) in [5.74, 6) is 0.606. The van der Waals surface area contributed by atoms with Crippen LogP contribution in [0.15, 0.2) is 48.5 Å². The van der Waals surface area contributed by atoms with Gasteiger partial charge in [-0.15, -0.1) is 0 Å². The molecule has 1 unspecified atom stereocenters. The quantitative estimate of drug-likeness (QED) is 0.929. The molecule has 0 fully saturated rings. The van der Waals surface area contributed by atoms with E-state index in [0.717, 1.165) is 5.56 Å². The normalized spacial score (nSPS) is 11.6. The Morgan fingerprint density at radius 1 is 1.21 bits per heavy atom. The number of nitrogens with two attached hydrogens (primary N) is 1. The fourth-order valence-corrected chi connectivity index (χ4v) is 2.04. The third-order valence-electron chi connectivity index (χ3n) is 2.71. The molecule has 1 atom stereocenters. The van der Waals surface area contributed by atoms with Crippen molar-refractivity contribution in [3.05, 3.63) is 64.7 Å².